The number of nitrogens with two attached hydrogens (primary N) is 1. The predicted molar refractivity (Wildman–Crippen MR) is 79.9 cm³/mol. The number of unbranched alkanes of at least 4 members (excludes halogenated alkanes) is 1. The second-order valence-electron chi connectivity index (χ2n) is 4.27. The molecule has 1 rings (SSSR count). The highest BCUT2D eigenvalue weighted by Gasteiger charge is 2.23. The highest BCUT2D eigenvalue weighted by molar-refractivity contribution is 5.85. The molecule has 0 saturated carbocycles. The number of nitro benzene ring substituents is 1. The van der Waals surface area contributed by atoms with E-state index in [1.54, 1.807) is 6.07 Å². The van der Waals surface area contributed by atoms with E-state index in [9.17, 15) is 10.1 Å². The molecule has 0 heterocycles. The van der Waals surface area contributed by atoms with E-state index in [0.717, 1.165) is 12.8 Å². The highest BCUT2D eigenvalue weighted by Crippen LogP contribution is 2.37. The Kier molecular flexibility index (Phi) is 7.94. The number of nitro groups is 1. The first-order valence-electron chi connectivity index (χ1n) is 6.21. The van der Waals surface area contributed by atoms with Crippen LogP contribution in [-0.4, -0.2) is 19.1 Å². The summed E-state index contributed by atoms with van der Waals surface area (Å²) in [6.07, 6.45) is 2.62. The van der Waals surface area contributed by atoms with Gasteiger partial charge in [-0.15, -0.1) is 12.4 Å². The van der Waals surface area contributed by atoms with E-state index >= 15 is 0 Å². The zero-order chi connectivity index (χ0) is 14.4. The topological polar surface area (TPSA) is 87.6 Å². The predicted octanol–water partition coefficient (Wildman–Crippen LogP) is 3.22. The number of hydrogen-bond donors (Lipinski definition) is 1. The third-order valence-electron chi connectivity index (χ3n) is 3.00. The van der Waals surface area contributed by atoms with Gasteiger partial charge < -0.3 is 15.2 Å². The molecule has 0 bridgehead atoms. The van der Waals surface area contributed by atoms with E-state index in [1.807, 2.05) is 0 Å². The standard InChI is InChI=1S/C13H20N2O4.ClH/c1-4-5-6-10(14)9-7-12(18-2)13(19-3)8-11(9)15(16)17;/h7-8,10H,4-6,14H2,1-3H3;1H/t10-;/m1./s1. The molecule has 0 spiro atoms. The molecule has 6 nitrogen and oxygen atoms in total. The Morgan fingerprint density at radius 3 is 2.30 bits per heavy atom. The largest absolute Gasteiger partial charge is 0.493 e. The van der Waals surface area contributed by atoms with Crippen molar-refractivity contribution in [3.8, 4) is 11.5 Å². The van der Waals surface area contributed by atoms with E-state index in [0.29, 0.717) is 23.5 Å². The van der Waals surface area contributed by atoms with Crippen LogP contribution in [0.25, 0.3) is 0 Å². The van der Waals surface area contributed by atoms with Crippen molar-refractivity contribution in [2.24, 2.45) is 5.73 Å². The molecule has 0 fully saturated rings. The minimum absolute atomic E-state index is 0. The number of hydrogen-bond acceptors (Lipinski definition) is 5. The Bertz CT molecular complexity index is 454. The summed E-state index contributed by atoms with van der Waals surface area (Å²) in [4.78, 5) is 10.7. The normalized spacial score (nSPS) is 11.4. The maximum atomic E-state index is 11.1. The molecule has 0 aliphatic carbocycles. The number of benzene rings is 1. The fourth-order valence-electron chi connectivity index (χ4n) is 1.92. The highest BCUT2D eigenvalue weighted by atomic mass is 35.5. The average Bonchev–Trinajstić information content (AvgIpc) is 2.42. The van der Waals surface area contributed by atoms with Gasteiger partial charge in [-0.05, 0) is 12.5 Å². The van der Waals surface area contributed by atoms with Gasteiger partial charge in [0, 0.05) is 6.04 Å². The molecule has 7 heteroatoms. The number of methoxy groups -OCH3 is 2. The number of nitrogens with zero attached hydrogens (tertiary/aromatic N) is 1. The minimum Gasteiger partial charge on any atom is -0.493 e. The van der Waals surface area contributed by atoms with E-state index in [-0.39, 0.29) is 24.1 Å². The van der Waals surface area contributed by atoms with Crippen LogP contribution in [0.15, 0.2) is 12.1 Å². The van der Waals surface area contributed by atoms with Gasteiger partial charge in [0.1, 0.15) is 0 Å². The molecule has 0 amide bonds. The first kappa shape index (κ1) is 18.5. The van der Waals surface area contributed by atoms with Gasteiger partial charge in [-0.25, -0.2) is 0 Å². The molecule has 0 aromatic heterocycles. The molecule has 1 atom stereocenters. The lowest BCUT2D eigenvalue weighted by atomic mass is 9.99. The molecular formula is C13H21ClN2O4. The number of halogens is 1. The van der Waals surface area contributed by atoms with Crippen LogP contribution in [0.1, 0.15) is 37.8 Å². The summed E-state index contributed by atoms with van der Waals surface area (Å²) in [5, 5.41) is 11.1. The van der Waals surface area contributed by atoms with E-state index in [1.165, 1.54) is 20.3 Å². The summed E-state index contributed by atoms with van der Waals surface area (Å²) >= 11 is 0. The quantitative estimate of drug-likeness (QED) is 0.617. The summed E-state index contributed by atoms with van der Waals surface area (Å²) < 4.78 is 10.2. The van der Waals surface area contributed by atoms with E-state index in [2.05, 4.69) is 6.92 Å². The van der Waals surface area contributed by atoms with Crippen molar-refractivity contribution < 1.29 is 14.4 Å². The first-order chi connectivity index (χ1) is 9.04. The average molecular weight is 305 g/mol. The third-order valence-corrected chi connectivity index (χ3v) is 3.00. The number of ether oxygens (including phenoxy) is 2. The van der Waals surface area contributed by atoms with Gasteiger partial charge in [-0.3, -0.25) is 10.1 Å². The third kappa shape index (κ3) is 4.25. The maximum Gasteiger partial charge on any atom is 0.278 e. The van der Waals surface area contributed by atoms with Gasteiger partial charge in [-0.1, -0.05) is 19.8 Å². The smallest absolute Gasteiger partial charge is 0.278 e. The van der Waals surface area contributed by atoms with Crippen molar-refractivity contribution in [1.29, 1.82) is 0 Å². The first-order valence-corrected chi connectivity index (χ1v) is 6.21. The van der Waals surface area contributed by atoms with Crippen molar-refractivity contribution in [2.45, 2.75) is 32.2 Å². The van der Waals surface area contributed by atoms with Crippen LogP contribution in [0, 0.1) is 10.1 Å². The van der Waals surface area contributed by atoms with Crippen molar-refractivity contribution in [1.82, 2.24) is 0 Å². The molecule has 20 heavy (non-hydrogen) atoms. The second-order valence-corrected chi connectivity index (χ2v) is 4.27. The summed E-state index contributed by atoms with van der Waals surface area (Å²) in [6.45, 7) is 2.05. The Labute approximate surface area is 124 Å². The van der Waals surface area contributed by atoms with Crippen LogP contribution in [-0.2, 0) is 0 Å². The Hall–Kier alpha value is -1.53. The van der Waals surface area contributed by atoms with Gasteiger partial charge in [-0.2, -0.15) is 0 Å². The molecule has 1 aromatic rings. The van der Waals surface area contributed by atoms with Crippen LogP contribution in [0.2, 0.25) is 0 Å². The lowest BCUT2D eigenvalue weighted by molar-refractivity contribution is -0.385. The van der Waals surface area contributed by atoms with Crippen molar-refractivity contribution in [2.75, 3.05) is 14.2 Å². The molecule has 0 unspecified atom stereocenters. The summed E-state index contributed by atoms with van der Waals surface area (Å²) in [5.74, 6) is 0.788. The Morgan fingerprint density at radius 2 is 1.85 bits per heavy atom. The maximum absolute atomic E-state index is 11.1. The van der Waals surface area contributed by atoms with Crippen LogP contribution in [0.4, 0.5) is 5.69 Å². The molecule has 0 saturated heterocycles. The summed E-state index contributed by atoms with van der Waals surface area (Å²) in [5.41, 5.74) is 6.49. The van der Waals surface area contributed by atoms with Crippen LogP contribution < -0.4 is 15.2 Å². The summed E-state index contributed by atoms with van der Waals surface area (Å²) in [7, 11) is 2.93. The second kappa shape index (κ2) is 8.60. The van der Waals surface area contributed by atoms with Crippen LogP contribution in [0.3, 0.4) is 0 Å². The Morgan fingerprint density at radius 1 is 1.30 bits per heavy atom. The molecule has 0 aliphatic rings. The zero-order valence-corrected chi connectivity index (χ0v) is 12.7. The Balaban J connectivity index is 0.00000361. The van der Waals surface area contributed by atoms with Crippen LogP contribution >= 0.6 is 12.4 Å². The van der Waals surface area contributed by atoms with Crippen molar-refractivity contribution >= 4 is 18.1 Å². The monoisotopic (exact) mass is 304 g/mol. The molecular weight excluding hydrogens is 284 g/mol. The number of rotatable bonds is 7. The minimum atomic E-state index is -0.441. The summed E-state index contributed by atoms with van der Waals surface area (Å²) in [6, 6.07) is 2.58. The van der Waals surface area contributed by atoms with Gasteiger partial charge in [0.15, 0.2) is 11.5 Å². The fraction of sp³-hybridized carbons (Fsp3) is 0.538. The van der Waals surface area contributed by atoms with Gasteiger partial charge in [0.2, 0.25) is 0 Å². The van der Waals surface area contributed by atoms with E-state index < -0.39 is 4.92 Å². The molecule has 114 valence electrons. The lowest BCUT2D eigenvalue weighted by Gasteiger charge is -2.15. The van der Waals surface area contributed by atoms with Gasteiger partial charge in [0.25, 0.3) is 5.69 Å². The SMILES string of the molecule is CCCC[C@@H](N)c1cc(OC)c(OC)cc1[N+](=O)[O-].Cl. The van der Waals surface area contributed by atoms with Crippen molar-refractivity contribution in [3.63, 3.8) is 0 Å². The molecule has 0 aliphatic heterocycles. The molecule has 1 aromatic carbocycles. The molecule has 2 N–H and O–H groups in total. The zero-order valence-electron chi connectivity index (χ0n) is 11.9. The van der Waals surface area contributed by atoms with E-state index in [4.69, 9.17) is 15.2 Å². The fourth-order valence-corrected chi connectivity index (χ4v) is 1.92. The van der Waals surface area contributed by atoms with Crippen molar-refractivity contribution in [3.05, 3.63) is 27.8 Å². The van der Waals surface area contributed by atoms with Crippen LogP contribution in [0.5, 0.6) is 11.5 Å². The molecule has 0 radical (unpaired) electrons. The van der Waals surface area contributed by atoms with Gasteiger partial charge in [0.05, 0.1) is 30.8 Å². The van der Waals surface area contributed by atoms with Gasteiger partial charge >= 0.3 is 0 Å². The lowest BCUT2D eigenvalue weighted by Crippen LogP contribution is -2.13.